The number of benzene rings is 3. The van der Waals surface area contributed by atoms with Gasteiger partial charge in [0.1, 0.15) is 5.82 Å². The zero-order valence-electron chi connectivity index (χ0n) is 17.9. The summed E-state index contributed by atoms with van der Waals surface area (Å²) in [5, 5.41) is 15.7. The molecule has 0 bridgehead atoms. The summed E-state index contributed by atoms with van der Waals surface area (Å²) in [6.45, 7) is -0.196. The van der Waals surface area contributed by atoms with Crippen molar-refractivity contribution >= 4 is 29.0 Å². The van der Waals surface area contributed by atoms with Gasteiger partial charge in [0, 0.05) is 42.2 Å². The molecule has 2 N–H and O–H groups in total. The molecule has 0 radical (unpaired) electrons. The number of alkyl halides is 3. The number of anilines is 2. The Bertz CT molecular complexity index is 1220. The van der Waals surface area contributed by atoms with E-state index in [0.717, 1.165) is 35.2 Å². The lowest BCUT2D eigenvalue weighted by atomic mass is 10.2. The maximum absolute atomic E-state index is 13.4. The molecule has 8 nitrogen and oxygen atoms in total. The Balaban J connectivity index is 1.71. The van der Waals surface area contributed by atoms with E-state index in [0.29, 0.717) is 0 Å². The van der Waals surface area contributed by atoms with Gasteiger partial charge in [-0.15, -0.1) is 0 Å². The van der Waals surface area contributed by atoms with Crippen LogP contribution in [0.3, 0.4) is 0 Å². The number of hydrogen-bond donors (Lipinski definition) is 2. The molecule has 0 heterocycles. The zero-order chi connectivity index (χ0) is 25.6. The van der Waals surface area contributed by atoms with Gasteiger partial charge in [0.2, 0.25) is 0 Å². The zero-order valence-corrected chi connectivity index (χ0v) is 17.9. The van der Waals surface area contributed by atoms with E-state index in [1.165, 1.54) is 42.5 Å². The molecule has 3 aromatic rings. The lowest BCUT2D eigenvalue weighted by molar-refractivity contribution is -0.384. The molecule has 0 saturated carbocycles. The minimum Gasteiger partial charge on any atom is -0.350 e. The normalized spacial score (nSPS) is 11.0. The number of hydrogen-bond acceptors (Lipinski definition) is 4. The lowest BCUT2D eigenvalue weighted by Crippen LogP contribution is -2.41. The van der Waals surface area contributed by atoms with Crippen molar-refractivity contribution in [3.05, 3.63) is 99.9 Å². The average molecular weight is 490 g/mol. The summed E-state index contributed by atoms with van der Waals surface area (Å²) in [5.41, 5.74) is -0.848. The van der Waals surface area contributed by atoms with Crippen molar-refractivity contribution < 1.29 is 32.1 Å². The molecule has 182 valence electrons. The summed E-state index contributed by atoms with van der Waals surface area (Å²) in [7, 11) is 0. The average Bonchev–Trinajstić information content (AvgIpc) is 2.82. The number of nitrogens with one attached hydrogen (secondary N) is 2. The highest BCUT2D eigenvalue weighted by atomic mass is 19.4. The summed E-state index contributed by atoms with van der Waals surface area (Å²) < 4.78 is 52.3. The number of carbonyl (C=O) groups excluding carboxylic acids is 2. The van der Waals surface area contributed by atoms with Crippen molar-refractivity contribution in [3.8, 4) is 0 Å². The number of nitro groups is 1. The standard InChI is InChI=1S/C23H18F4N4O4/c24-17-6-10-19(11-7-17)30(22(33)29-18-3-1-2-16(14-18)23(25,26)27)13-12-28-21(32)15-4-8-20(9-5-15)31(34)35/h1-11,14H,12-13H2,(H,28,32)(H,29,33). The molecule has 3 amide bonds. The van der Waals surface area contributed by atoms with Crippen molar-refractivity contribution in [1.29, 1.82) is 0 Å². The van der Waals surface area contributed by atoms with E-state index in [2.05, 4.69) is 10.6 Å². The molecule has 35 heavy (non-hydrogen) atoms. The van der Waals surface area contributed by atoms with Crippen LogP contribution in [0.1, 0.15) is 15.9 Å². The van der Waals surface area contributed by atoms with Gasteiger partial charge in [-0.3, -0.25) is 19.8 Å². The number of halogens is 4. The monoisotopic (exact) mass is 490 g/mol. The maximum Gasteiger partial charge on any atom is 0.416 e. The van der Waals surface area contributed by atoms with Gasteiger partial charge in [-0.05, 0) is 54.6 Å². The SMILES string of the molecule is O=C(NCCN(C(=O)Nc1cccc(C(F)(F)F)c1)c1ccc(F)cc1)c1ccc([N+](=O)[O-])cc1. The number of nitro benzene ring substituents is 1. The number of amides is 3. The molecule has 0 atom stereocenters. The van der Waals surface area contributed by atoms with Gasteiger partial charge in [0.15, 0.2) is 0 Å². The van der Waals surface area contributed by atoms with Gasteiger partial charge in [0.05, 0.1) is 10.5 Å². The molecular formula is C23H18F4N4O4. The highest BCUT2D eigenvalue weighted by Gasteiger charge is 2.30. The first-order chi connectivity index (χ1) is 16.5. The van der Waals surface area contributed by atoms with Crippen molar-refractivity contribution in [3.63, 3.8) is 0 Å². The minimum atomic E-state index is -4.60. The van der Waals surface area contributed by atoms with Gasteiger partial charge in [-0.2, -0.15) is 13.2 Å². The molecule has 0 aliphatic rings. The van der Waals surface area contributed by atoms with Gasteiger partial charge in [-0.25, -0.2) is 9.18 Å². The first-order valence-corrected chi connectivity index (χ1v) is 10.1. The second-order valence-corrected chi connectivity index (χ2v) is 7.20. The van der Waals surface area contributed by atoms with E-state index < -0.39 is 34.4 Å². The summed E-state index contributed by atoms with van der Waals surface area (Å²) in [6.07, 6.45) is -4.60. The smallest absolute Gasteiger partial charge is 0.350 e. The third-order valence-corrected chi connectivity index (χ3v) is 4.79. The first-order valence-electron chi connectivity index (χ1n) is 10.1. The molecule has 0 unspecified atom stereocenters. The van der Waals surface area contributed by atoms with Crippen LogP contribution in [0.5, 0.6) is 0 Å². The van der Waals surface area contributed by atoms with Crippen LogP contribution in [0.2, 0.25) is 0 Å². The first kappa shape index (κ1) is 25.1. The Morgan fingerprint density at radius 3 is 2.23 bits per heavy atom. The molecule has 0 spiro atoms. The molecule has 0 fully saturated rings. The van der Waals surface area contributed by atoms with Crippen LogP contribution in [0.25, 0.3) is 0 Å². The van der Waals surface area contributed by atoms with Gasteiger partial charge >= 0.3 is 12.2 Å². The Morgan fingerprint density at radius 1 is 0.971 bits per heavy atom. The van der Waals surface area contributed by atoms with Crippen LogP contribution in [-0.2, 0) is 6.18 Å². The minimum absolute atomic E-state index is 0.0802. The van der Waals surface area contributed by atoms with E-state index in [1.54, 1.807) is 0 Å². The molecular weight excluding hydrogens is 472 g/mol. The van der Waals surface area contributed by atoms with Crippen molar-refractivity contribution in [2.75, 3.05) is 23.3 Å². The fourth-order valence-corrected chi connectivity index (χ4v) is 3.05. The molecule has 0 aliphatic carbocycles. The van der Waals surface area contributed by atoms with Crippen LogP contribution in [-0.4, -0.2) is 30.0 Å². The fraction of sp³-hybridized carbons (Fsp3) is 0.130. The molecule has 0 aliphatic heterocycles. The third-order valence-electron chi connectivity index (χ3n) is 4.79. The van der Waals surface area contributed by atoms with E-state index in [9.17, 15) is 37.3 Å². The third kappa shape index (κ3) is 6.76. The molecule has 12 heteroatoms. The van der Waals surface area contributed by atoms with Crippen LogP contribution >= 0.6 is 0 Å². The van der Waals surface area contributed by atoms with E-state index in [1.807, 2.05) is 0 Å². The summed E-state index contributed by atoms with van der Waals surface area (Å²) in [5.74, 6) is -1.12. The largest absolute Gasteiger partial charge is 0.416 e. The molecule has 0 saturated heterocycles. The molecule has 0 aromatic heterocycles. The lowest BCUT2D eigenvalue weighted by Gasteiger charge is -2.24. The Hall–Kier alpha value is -4.48. The number of rotatable bonds is 7. The second-order valence-electron chi connectivity index (χ2n) is 7.20. The second kappa shape index (κ2) is 10.6. The van der Waals surface area contributed by atoms with Crippen molar-refractivity contribution in [2.45, 2.75) is 6.18 Å². The Labute approximate surface area is 196 Å². The van der Waals surface area contributed by atoms with Gasteiger partial charge < -0.3 is 10.6 Å². The summed E-state index contributed by atoms with van der Waals surface area (Å²) in [4.78, 5) is 36.4. The van der Waals surface area contributed by atoms with Crippen LogP contribution in [0, 0.1) is 15.9 Å². The fourth-order valence-electron chi connectivity index (χ4n) is 3.05. The summed E-state index contributed by atoms with van der Waals surface area (Å²) in [6, 6.07) is 13.0. The summed E-state index contributed by atoms with van der Waals surface area (Å²) >= 11 is 0. The number of urea groups is 1. The maximum atomic E-state index is 13.4. The number of carbonyl (C=O) groups is 2. The Kier molecular flexibility index (Phi) is 7.64. The highest BCUT2D eigenvalue weighted by Crippen LogP contribution is 2.30. The van der Waals surface area contributed by atoms with Crippen LogP contribution in [0.15, 0.2) is 72.8 Å². The van der Waals surface area contributed by atoms with Crippen molar-refractivity contribution in [2.24, 2.45) is 0 Å². The topological polar surface area (TPSA) is 105 Å². The van der Waals surface area contributed by atoms with Crippen molar-refractivity contribution in [1.82, 2.24) is 5.32 Å². The van der Waals surface area contributed by atoms with E-state index in [4.69, 9.17) is 0 Å². The Morgan fingerprint density at radius 2 is 1.63 bits per heavy atom. The van der Waals surface area contributed by atoms with Crippen LogP contribution in [0.4, 0.5) is 39.4 Å². The van der Waals surface area contributed by atoms with E-state index >= 15 is 0 Å². The predicted octanol–water partition coefficient (Wildman–Crippen LogP) is 5.22. The van der Waals surface area contributed by atoms with Gasteiger partial charge in [-0.1, -0.05) is 6.07 Å². The highest BCUT2D eigenvalue weighted by molar-refractivity contribution is 6.02. The predicted molar refractivity (Wildman–Crippen MR) is 120 cm³/mol. The van der Waals surface area contributed by atoms with Crippen LogP contribution < -0.4 is 15.5 Å². The molecule has 3 rings (SSSR count). The number of non-ortho nitro benzene ring substituents is 1. The van der Waals surface area contributed by atoms with E-state index in [-0.39, 0.29) is 35.7 Å². The quantitative estimate of drug-likeness (QED) is 0.269. The van der Waals surface area contributed by atoms with Gasteiger partial charge in [0.25, 0.3) is 11.6 Å². The molecule has 3 aromatic carbocycles. The number of nitrogens with zero attached hydrogens (tertiary/aromatic N) is 2.